The number of aliphatic carboxylic acids is 1. The lowest BCUT2D eigenvalue weighted by Crippen LogP contribution is -2.69. The molecule has 2 bridgehead atoms. The minimum Gasteiger partial charge on any atom is -0.481 e. The number of aromatic nitrogens is 4. The van der Waals surface area contributed by atoms with Gasteiger partial charge in [0, 0.05) is 23.3 Å². The van der Waals surface area contributed by atoms with Crippen molar-refractivity contribution in [2.75, 3.05) is 32.2 Å². The number of nitrogens with zero attached hydrogens (tertiary/aromatic N) is 4. The first-order chi connectivity index (χ1) is 23.7. The molecule has 4 fully saturated rings. The second-order valence-electron chi connectivity index (χ2n) is 19.3. The molecule has 3 saturated carbocycles. The number of allylic oxidation sites excluding steroid dienone is 1. The number of carbonyl (C=O) groups is 2. The van der Waals surface area contributed by atoms with Crippen LogP contribution < -0.4 is 10.6 Å². The van der Waals surface area contributed by atoms with Crippen molar-refractivity contribution in [1.29, 1.82) is 0 Å². The van der Waals surface area contributed by atoms with Gasteiger partial charge in [0.25, 0.3) is 5.95 Å². The molecule has 11 heteroatoms. The zero-order valence-corrected chi connectivity index (χ0v) is 33.4. The number of fused-ring (bicyclic) bond motifs is 3. The van der Waals surface area contributed by atoms with Crippen molar-refractivity contribution >= 4 is 17.8 Å². The third-order valence-corrected chi connectivity index (χ3v) is 16.5. The highest BCUT2D eigenvalue weighted by atomic mass is 16.5. The molecule has 0 aromatic carbocycles. The predicted molar refractivity (Wildman–Crippen MR) is 197 cm³/mol. The van der Waals surface area contributed by atoms with Gasteiger partial charge in [0.05, 0.1) is 31.8 Å². The molecule has 2 heterocycles. The topological polar surface area (TPSA) is 140 Å². The second-order valence-corrected chi connectivity index (χ2v) is 19.3. The van der Waals surface area contributed by atoms with Gasteiger partial charge in [-0.1, -0.05) is 79.1 Å². The Morgan fingerprint density at radius 3 is 2.41 bits per heavy atom. The van der Waals surface area contributed by atoms with Crippen LogP contribution in [0.2, 0.25) is 0 Å². The molecule has 0 radical (unpaired) electrons. The van der Waals surface area contributed by atoms with Gasteiger partial charge in [-0.2, -0.15) is 4.80 Å². The molecule has 0 unspecified atom stereocenters. The Bertz CT molecular complexity index is 1540. The highest BCUT2D eigenvalue weighted by molar-refractivity contribution is 5.86. The number of rotatable bonds is 10. The average Bonchev–Trinajstić information content (AvgIpc) is 3.51. The summed E-state index contributed by atoms with van der Waals surface area (Å²) in [5.41, 5.74) is -0.255. The molecule has 1 aromatic rings. The number of ether oxygens (including phenoxy) is 2. The Kier molecular flexibility index (Phi) is 9.70. The Morgan fingerprint density at radius 1 is 1.10 bits per heavy atom. The number of nitrogens with one attached hydrogen (secondary N) is 2. The van der Waals surface area contributed by atoms with Crippen LogP contribution in [0.4, 0.5) is 5.95 Å². The molecule has 1 saturated heterocycles. The molecule has 0 spiro atoms. The van der Waals surface area contributed by atoms with Gasteiger partial charge in [0.15, 0.2) is 0 Å². The van der Waals surface area contributed by atoms with Gasteiger partial charge in [-0.25, -0.2) is 0 Å². The third-order valence-electron chi connectivity index (χ3n) is 16.5. The maximum Gasteiger partial charge on any atom is 0.307 e. The zero-order valence-electron chi connectivity index (χ0n) is 33.4. The monoisotopic (exact) mass is 711 g/mol. The van der Waals surface area contributed by atoms with E-state index in [-0.39, 0.29) is 62.5 Å². The quantitative estimate of drug-likeness (QED) is 0.224. The fourth-order valence-electron chi connectivity index (χ4n) is 12.5. The Hall–Kier alpha value is -2.37. The highest BCUT2D eigenvalue weighted by Gasteiger charge is 2.72. The number of carboxylic acid groups (broad SMARTS) is 1. The summed E-state index contributed by atoms with van der Waals surface area (Å²) in [5.74, 6) is 0.477. The van der Waals surface area contributed by atoms with E-state index < -0.39 is 11.9 Å². The zero-order chi connectivity index (χ0) is 37.5. The summed E-state index contributed by atoms with van der Waals surface area (Å²) >= 11 is 0. The summed E-state index contributed by atoms with van der Waals surface area (Å²) < 4.78 is 13.8. The lowest BCUT2D eigenvalue weighted by atomic mass is 9.34. The fraction of sp³-hybridized carbons (Fsp3) is 0.875. The summed E-state index contributed by atoms with van der Waals surface area (Å²) in [7, 11) is 1.99. The molecule has 286 valence electrons. The first kappa shape index (κ1) is 38.4. The minimum absolute atomic E-state index is 0.178. The lowest BCUT2D eigenvalue weighted by Gasteiger charge is -2.71. The normalized spacial score (nSPS) is 42.2. The van der Waals surface area contributed by atoms with E-state index in [9.17, 15) is 14.7 Å². The maximum absolute atomic E-state index is 13.5. The molecule has 12 atom stereocenters. The number of tetrazole rings is 1. The predicted octanol–water partition coefficient (Wildman–Crippen LogP) is 6.78. The van der Waals surface area contributed by atoms with Gasteiger partial charge in [-0.05, 0) is 104 Å². The van der Waals surface area contributed by atoms with Gasteiger partial charge in [-0.3, -0.25) is 14.9 Å². The van der Waals surface area contributed by atoms with Crippen LogP contribution in [0.1, 0.15) is 121 Å². The van der Waals surface area contributed by atoms with Crippen LogP contribution >= 0.6 is 0 Å². The molecule has 4 aliphatic carbocycles. The van der Waals surface area contributed by atoms with Gasteiger partial charge in [0.2, 0.25) is 5.91 Å². The molecule has 11 nitrogen and oxygen atoms in total. The van der Waals surface area contributed by atoms with Crippen molar-refractivity contribution in [3.05, 3.63) is 11.6 Å². The Labute approximate surface area is 305 Å². The van der Waals surface area contributed by atoms with Crippen molar-refractivity contribution in [3.63, 3.8) is 0 Å². The van der Waals surface area contributed by atoms with E-state index in [0.717, 1.165) is 38.5 Å². The van der Waals surface area contributed by atoms with Gasteiger partial charge in [0.1, 0.15) is 6.04 Å². The Morgan fingerprint density at radius 2 is 1.80 bits per heavy atom. The van der Waals surface area contributed by atoms with Crippen molar-refractivity contribution in [2.24, 2.45) is 62.6 Å². The van der Waals surface area contributed by atoms with E-state index in [1.54, 1.807) is 4.80 Å². The Balaban J connectivity index is 1.45. The van der Waals surface area contributed by atoms with Crippen LogP contribution in [-0.4, -0.2) is 75.7 Å². The molecule has 6 rings (SSSR count). The SMILES string of the molecule is CN[C@@](C)(CO[C@H]1[C@H](n2nnc(NC(C)=O)n2)C[C@@]23COC[C@]1(C)[C@@H]2CC[C@H]1C3=CC[C@@]2(C)[C@H](C(=O)O)[C@@](C)([C@H](C)C(C)C)CC[C@]12C)C(C)C. The molecule has 5 aliphatic rings. The van der Waals surface area contributed by atoms with Gasteiger partial charge < -0.3 is 19.9 Å². The number of likely N-dealkylation sites (N-methyl/N-ethyl adjacent to an activating group) is 1. The number of anilines is 1. The van der Waals surface area contributed by atoms with Crippen LogP contribution in [0.15, 0.2) is 11.6 Å². The highest BCUT2D eigenvalue weighted by Crippen LogP contribution is 2.75. The molecule has 1 aromatic heterocycles. The molecule has 1 aliphatic heterocycles. The number of hydrogen-bond acceptors (Lipinski definition) is 8. The smallest absolute Gasteiger partial charge is 0.307 e. The van der Waals surface area contributed by atoms with Crippen LogP contribution in [0.25, 0.3) is 0 Å². The van der Waals surface area contributed by atoms with Crippen molar-refractivity contribution < 1.29 is 24.2 Å². The summed E-state index contributed by atoms with van der Waals surface area (Å²) in [6.07, 6.45) is 7.68. The van der Waals surface area contributed by atoms with E-state index in [0.29, 0.717) is 43.5 Å². The van der Waals surface area contributed by atoms with Crippen molar-refractivity contribution in [1.82, 2.24) is 25.5 Å². The molecule has 1 amide bonds. The number of carboxylic acids is 1. The minimum atomic E-state index is -0.643. The van der Waals surface area contributed by atoms with Gasteiger partial charge >= 0.3 is 5.97 Å². The maximum atomic E-state index is 13.5. The fourth-order valence-corrected chi connectivity index (χ4v) is 12.5. The molecule has 51 heavy (non-hydrogen) atoms. The van der Waals surface area contributed by atoms with Crippen LogP contribution in [0.3, 0.4) is 0 Å². The van der Waals surface area contributed by atoms with E-state index >= 15 is 0 Å². The molecular weight excluding hydrogens is 644 g/mol. The number of hydrogen-bond donors (Lipinski definition) is 3. The van der Waals surface area contributed by atoms with E-state index in [2.05, 4.69) is 96.3 Å². The third kappa shape index (κ3) is 5.55. The molecule has 3 N–H and O–H groups in total. The van der Waals surface area contributed by atoms with Crippen molar-refractivity contribution in [3.8, 4) is 0 Å². The van der Waals surface area contributed by atoms with Gasteiger partial charge in [-0.15, -0.1) is 5.10 Å². The van der Waals surface area contributed by atoms with E-state index in [1.165, 1.54) is 12.5 Å². The van der Waals surface area contributed by atoms with E-state index in [1.807, 2.05) is 7.05 Å². The first-order valence-corrected chi connectivity index (χ1v) is 19.6. The number of carbonyl (C=O) groups excluding carboxylic acids is 1. The molecular formula is C40H66N6O5. The second kappa shape index (κ2) is 12.9. The van der Waals surface area contributed by atoms with Crippen LogP contribution in [-0.2, 0) is 19.1 Å². The lowest BCUT2D eigenvalue weighted by molar-refractivity contribution is -0.254. The average molecular weight is 711 g/mol. The summed E-state index contributed by atoms with van der Waals surface area (Å²) in [6, 6.07) is -0.243. The van der Waals surface area contributed by atoms with E-state index in [4.69, 9.17) is 14.6 Å². The largest absolute Gasteiger partial charge is 0.481 e. The summed E-state index contributed by atoms with van der Waals surface area (Å²) in [5, 5.41) is 30.8. The van der Waals surface area contributed by atoms with Crippen LogP contribution in [0.5, 0.6) is 0 Å². The summed E-state index contributed by atoms with van der Waals surface area (Å²) in [6.45, 7) is 25.9. The summed E-state index contributed by atoms with van der Waals surface area (Å²) in [4.78, 5) is 27.1. The standard InChI is InChI=1S/C40H66N6O5/c1-23(2)25(5)35(7)17-18-37(9)27-13-14-30-36(8)20-50-22-40(30,28(27)15-16-38(37,10)31(35)33(48)49)19-29(46-44-34(43-45-46)42-26(6)47)32(36)51-21-39(11,41-12)24(3)4/h15,23-25,27,29-32,41H,13-14,16-22H2,1-12H3,(H,48,49)(H,42,44,47)/t25-,27+,29-,30+,31-,32+,35-,36-,37-,38+,39+,40+/m1/s1. The van der Waals surface area contributed by atoms with Crippen molar-refractivity contribution in [2.45, 2.75) is 132 Å². The van der Waals surface area contributed by atoms with Crippen LogP contribution in [0, 0.1) is 62.6 Å². The number of amides is 1. The first-order valence-electron chi connectivity index (χ1n) is 19.6.